The summed E-state index contributed by atoms with van der Waals surface area (Å²) in [4.78, 5) is 11.4. The summed E-state index contributed by atoms with van der Waals surface area (Å²) in [5.41, 5.74) is 6.50. The average Bonchev–Trinajstić information content (AvgIpc) is 2.77. The molecule has 2 N–H and O–H groups in total. The van der Waals surface area contributed by atoms with Crippen LogP contribution in [0.15, 0.2) is 34.5 Å². The van der Waals surface area contributed by atoms with Crippen LogP contribution in [0.25, 0.3) is 11.3 Å². The zero-order valence-electron chi connectivity index (χ0n) is 9.45. The van der Waals surface area contributed by atoms with E-state index in [4.69, 9.17) is 5.73 Å². The molecule has 0 fully saturated rings. The number of amides is 1. The Hall–Kier alpha value is -1.73. The molecule has 0 bridgehead atoms. The van der Waals surface area contributed by atoms with E-state index in [-0.39, 0.29) is 4.90 Å². The number of rotatable bonds is 3. The molecule has 5 nitrogen and oxygen atoms in total. The lowest BCUT2D eigenvalue weighted by Crippen LogP contribution is -2.11. The normalized spacial score (nSPS) is 11.4. The second-order valence-corrected chi connectivity index (χ2v) is 6.39. The highest BCUT2D eigenvalue weighted by atomic mass is 32.2. The number of aromatic nitrogens is 1. The SMILES string of the molecule is CS(=O)(=O)c1cccc(-c2nscc2C(N)=O)c1. The molecule has 0 atom stereocenters. The molecule has 0 unspecified atom stereocenters. The molecule has 2 rings (SSSR count). The van der Waals surface area contributed by atoms with Crippen molar-refractivity contribution in [2.45, 2.75) is 4.90 Å². The highest BCUT2D eigenvalue weighted by molar-refractivity contribution is 7.90. The Labute approximate surface area is 108 Å². The van der Waals surface area contributed by atoms with Crippen LogP contribution in [0.4, 0.5) is 0 Å². The van der Waals surface area contributed by atoms with Crippen molar-refractivity contribution in [2.75, 3.05) is 6.26 Å². The summed E-state index contributed by atoms with van der Waals surface area (Å²) in [6.07, 6.45) is 1.13. The molecule has 18 heavy (non-hydrogen) atoms. The second kappa shape index (κ2) is 4.51. The maximum atomic E-state index is 11.5. The number of hydrogen-bond acceptors (Lipinski definition) is 5. The van der Waals surface area contributed by atoms with Gasteiger partial charge in [-0.15, -0.1) is 0 Å². The molecule has 1 aromatic heterocycles. The number of sulfone groups is 1. The smallest absolute Gasteiger partial charge is 0.251 e. The maximum absolute atomic E-state index is 11.5. The lowest BCUT2D eigenvalue weighted by atomic mass is 10.1. The number of carbonyl (C=O) groups excluding carboxylic acids is 1. The van der Waals surface area contributed by atoms with E-state index in [2.05, 4.69) is 4.37 Å². The first kappa shape index (κ1) is 12.7. The molecule has 1 amide bonds. The van der Waals surface area contributed by atoms with Crippen LogP contribution in [0.1, 0.15) is 10.4 Å². The van der Waals surface area contributed by atoms with Crippen LogP contribution in [0.2, 0.25) is 0 Å². The lowest BCUT2D eigenvalue weighted by molar-refractivity contribution is 0.100. The standard InChI is InChI=1S/C11H10N2O3S2/c1-18(15,16)8-4-2-3-7(5-8)10-9(11(12)14)6-17-13-10/h2-6H,1H3,(H2,12,14). The monoisotopic (exact) mass is 282 g/mol. The van der Waals surface area contributed by atoms with Gasteiger partial charge in [-0.25, -0.2) is 8.42 Å². The fourth-order valence-electron chi connectivity index (χ4n) is 1.49. The highest BCUT2D eigenvalue weighted by Gasteiger charge is 2.15. The Kier molecular flexibility index (Phi) is 3.18. The van der Waals surface area contributed by atoms with Gasteiger partial charge < -0.3 is 5.73 Å². The summed E-state index contributed by atoms with van der Waals surface area (Å²) in [5, 5.41) is 1.55. The third kappa shape index (κ3) is 2.41. The number of primary amides is 1. The molecular formula is C11H10N2O3S2. The maximum Gasteiger partial charge on any atom is 0.251 e. The van der Waals surface area contributed by atoms with E-state index in [1.54, 1.807) is 17.5 Å². The molecule has 7 heteroatoms. The van der Waals surface area contributed by atoms with Gasteiger partial charge in [0.25, 0.3) is 5.91 Å². The molecule has 0 saturated heterocycles. The van der Waals surface area contributed by atoms with Crippen molar-refractivity contribution in [2.24, 2.45) is 5.73 Å². The Morgan fingerprint density at radius 2 is 2.11 bits per heavy atom. The number of benzene rings is 1. The fraction of sp³-hybridized carbons (Fsp3) is 0.0909. The zero-order chi connectivity index (χ0) is 13.3. The number of hydrogen-bond donors (Lipinski definition) is 1. The molecular weight excluding hydrogens is 272 g/mol. The third-order valence-corrected chi connectivity index (χ3v) is 4.11. The molecule has 0 aliphatic carbocycles. The molecule has 0 radical (unpaired) electrons. The van der Waals surface area contributed by atoms with E-state index in [0.29, 0.717) is 16.8 Å². The van der Waals surface area contributed by atoms with Crippen LogP contribution in [-0.4, -0.2) is 25.0 Å². The van der Waals surface area contributed by atoms with Crippen molar-refractivity contribution >= 4 is 27.3 Å². The average molecular weight is 282 g/mol. The Bertz CT molecular complexity index is 705. The van der Waals surface area contributed by atoms with E-state index in [0.717, 1.165) is 17.8 Å². The van der Waals surface area contributed by atoms with Gasteiger partial charge in [-0.05, 0) is 23.7 Å². The molecule has 0 aliphatic rings. The van der Waals surface area contributed by atoms with Gasteiger partial charge in [0.05, 0.1) is 16.2 Å². The van der Waals surface area contributed by atoms with Crippen LogP contribution in [0.3, 0.4) is 0 Å². The number of nitrogens with zero attached hydrogens (tertiary/aromatic N) is 1. The van der Waals surface area contributed by atoms with E-state index < -0.39 is 15.7 Å². The summed E-state index contributed by atoms with van der Waals surface area (Å²) < 4.78 is 27.0. The quantitative estimate of drug-likeness (QED) is 0.919. The molecule has 0 aliphatic heterocycles. The topological polar surface area (TPSA) is 90.1 Å². The van der Waals surface area contributed by atoms with Crippen molar-refractivity contribution in [3.05, 3.63) is 35.2 Å². The lowest BCUT2D eigenvalue weighted by Gasteiger charge is -2.02. The van der Waals surface area contributed by atoms with E-state index in [1.807, 2.05) is 0 Å². The number of nitrogens with two attached hydrogens (primary N) is 1. The minimum Gasteiger partial charge on any atom is -0.366 e. The minimum absolute atomic E-state index is 0.184. The first-order valence-corrected chi connectivity index (χ1v) is 7.67. The van der Waals surface area contributed by atoms with Crippen molar-refractivity contribution in [3.8, 4) is 11.3 Å². The van der Waals surface area contributed by atoms with E-state index in [1.165, 1.54) is 12.1 Å². The van der Waals surface area contributed by atoms with Gasteiger partial charge in [0.2, 0.25) is 0 Å². The summed E-state index contributed by atoms with van der Waals surface area (Å²) in [7, 11) is -3.29. The van der Waals surface area contributed by atoms with Gasteiger partial charge in [0.15, 0.2) is 9.84 Å². The number of carbonyl (C=O) groups is 1. The summed E-state index contributed by atoms with van der Waals surface area (Å²) in [6, 6.07) is 6.28. The zero-order valence-corrected chi connectivity index (χ0v) is 11.1. The Balaban J connectivity index is 2.59. The summed E-state index contributed by atoms with van der Waals surface area (Å²) in [5.74, 6) is -0.580. The molecule has 2 aromatic rings. The van der Waals surface area contributed by atoms with Gasteiger partial charge in [0, 0.05) is 17.2 Å². The Morgan fingerprint density at radius 1 is 1.39 bits per heavy atom. The van der Waals surface area contributed by atoms with Crippen LogP contribution in [0, 0.1) is 0 Å². The fourth-order valence-corrected chi connectivity index (χ4v) is 2.86. The van der Waals surface area contributed by atoms with Crippen LogP contribution >= 0.6 is 11.5 Å². The van der Waals surface area contributed by atoms with Gasteiger partial charge in [-0.3, -0.25) is 4.79 Å². The van der Waals surface area contributed by atoms with Gasteiger partial charge in [0.1, 0.15) is 0 Å². The molecule has 0 saturated carbocycles. The third-order valence-electron chi connectivity index (χ3n) is 2.37. The molecule has 1 aromatic carbocycles. The van der Waals surface area contributed by atoms with Crippen molar-refractivity contribution in [3.63, 3.8) is 0 Å². The van der Waals surface area contributed by atoms with Crippen molar-refractivity contribution in [1.82, 2.24) is 4.37 Å². The summed E-state index contributed by atoms with van der Waals surface area (Å²) in [6.45, 7) is 0. The Morgan fingerprint density at radius 3 is 2.72 bits per heavy atom. The molecule has 94 valence electrons. The molecule has 1 heterocycles. The van der Waals surface area contributed by atoms with E-state index in [9.17, 15) is 13.2 Å². The predicted molar refractivity (Wildman–Crippen MR) is 69.2 cm³/mol. The summed E-state index contributed by atoms with van der Waals surface area (Å²) >= 11 is 1.10. The first-order valence-electron chi connectivity index (χ1n) is 4.94. The minimum atomic E-state index is -3.29. The van der Waals surface area contributed by atoms with Crippen LogP contribution < -0.4 is 5.73 Å². The van der Waals surface area contributed by atoms with Crippen molar-refractivity contribution in [1.29, 1.82) is 0 Å². The van der Waals surface area contributed by atoms with Gasteiger partial charge >= 0.3 is 0 Å². The second-order valence-electron chi connectivity index (χ2n) is 3.74. The largest absolute Gasteiger partial charge is 0.366 e. The first-order chi connectivity index (χ1) is 8.39. The highest BCUT2D eigenvalue weighted by Crippen LogP contribution is 2.25. The van der Waals surface area contributed by atoms with Crippen LogP contribution in [-0.2, 0) is 9.84 Å². The van der Waals surface area contributed by atoms with Crippen LogP contribution in [0.5, 0.6) is 0 Å². The van der Waals surface area contributed by atoms with Gasteiger partial charge in [-0.1, -0.05) is 12.1 Å². The van der Waals surface area contributed by atoms with Crippen molar-refractivity contribution < 1.29 is 13.2 Å². The predicted octanol–water partition coefficient (Wildman–Crippen LogP) is 1.31. The molecule has 0 spiro atoms. The van der Waals surface area contributed by atoms with Gasteiger partial charge in [-0.2, -0.15) is 4.37 Å². The van der Waals surface area contributed by atoms with E-state index >= 15 is 0 Å².